The van der Waals surface area contributed by atoms with Crippen molar-refractivity contribution in [2.75, 3.05) is 7.11 Å². The summed E-state index contributed by atoms with van der Waals surface area (Å²) in [6, 6.07) is 8.84. The van der Waals surface area contributed by atoms with Gasteiger partial charge >= 0.3 is 5.97 Å². The number of carbonyl (C=O) groups excluding carboxylic acids is 2. The second-order valence-corrected chi connectivity index (χ2v) is 4.62. The SMILES string of the molecule is COC(=O)C1CCC(=O)CC1(O)c1ccccc1. The first-order chi connectivity index (χ1) is 8.58. The summed E-state index contributed by atoms with van der Waals surface area (Å²) in [5.41, 5.74) is -0.850. The molecule has 1 aliphatic carbocycles. The first-order valence-corrected chi connectivity index (χ1v) is 5.95. The van der Waals surface area contributed by atoms with Gasteiger partial charge in [-0.15, -0.1) is 0 Å². The summed E-state index contributed by atoms with van der Waals surface area (Å²) in [5, 5.41) is 10.8. The normalized spacial score (nSPS) is 27.9. The number of Topliss-reactive ketones (excluding diaryl/α,β-unsaturated/α-hetero) is 1. The van der Waals surface area contributed by atoms with Crippen molar-refractivity contribution in [3.05, 3.63) is 35.9 Å². The molecule has 0 bridgehead atoms. The number of hydrogen-bond acceptors (Lipinski definition) is 4. The van der Waals surface area contributed by atoms with Gasteiger partial charge in [0.1, 0.15) is 11.4 Å². The Morgan fingerprint density at radius 3 is 2.67 bits per heavy atom. The highest BCUT2D eigenvalue weighted by Crippen LogP contribution is 2.40. The molecule has 1 saturated carbocycles. The number of methoxy groups -OCH3 is 1. The van der Waals surface area contributed by atoms with Crippen LogP contribution in [0.15, 0.2) is 30.3 Å². The Balaban J connectivity index is 2.40. The minimum Gasteiger partial charge on any atom is -0.469 e. The molecule has 1 fully saturated rings. The van der Waals surface area contributed by atoms with Crippen LogP contribution in [0.25, 0.3) is 0 Å². The van der Waals surface area contributed by atoms with E-state index in [-0.39, 0.29) is 12.2 Å². The molecule has 0 amide bonds. The molecule has 0 aliphatic heterocycles. The van der Waals surface area contributed by atoms with Crippen molar-refractivity contribution in [1.29, 1.82) is 0 Å². The van der Waals surface area contributed by atoms with Crippen LogP contribution >= 0.6 is 0 Å². The quantitative estimate of drug-likeness (QED) is 0.804. The van der Waals surface area contributed by atoms with Crippen molar-refractivity contribution in [2.45, 2.75) is 24.9 Å². The van der Waals surface area contributed by atoms with Gasteiger partial charge in [0, 0.05) is 12.8 Å². The molecule has 2 unspecified atom stereocenters. The van der Waals surface area contributed by atoms with Crippen molar-refractivity contribution in [1.82, 2.24) is 0 Å². The van der Waals surface area contributed by atoms with Crippen LogP contribution in [0.1, 0.15) is 24.8 Å². The third-order valence-corrected chi connectivity index (χ3v) is 3.51. The van der Waals surface area contributed by atoms with Gasteiger partial charge in [0.2, 0.25) is 0 Å². The molecule has 0 spiro atoms. The monoisotopic (exact) mass is 248 g/mol. The smallest absolute Gasteiger partial charge is 0.311 e. The molecule has 4 heteroatoms. The summed E-state index contributed by atoms with van der Waals surface area (Å²) >= 11 is 0. The van der Waals surface area contributed by atoms with Gasteiger partial charge in [0.15, 0.2) is 0 Å². The topological polar surface area (TPSA) is 63.6 Å². The van der Waals surface area contributed by atoms with E-state index < -0.39 is 17.5 Å². The molecule has 96 valence electrons. The van der Waals surface area contributed by atoms with Crippen molar-refractivity contribution < 1.29 is 19.4 Å². The average Bonchev–Trinajstić information content (AvgIpc) is 2.39. The van der Waals surface area contributed by atoms with Gasteiger partial charge in [-0.2, -0.15) is 0 Å². The third kappa shape index (κ3) is 2.16. The Labute approximate surface area is 106 Å². The van der Waals surface area contributed by atoms with E-state index in [0.717, 1.165) is 0 Å². The summed E-state index contributed by atoms with van der Waals surface area (Å²) in [5.74, 6) is -1.17. The van der Waals surface area contributed by atoms with E-state index in [0.29, 0.717) is 18.4 Å². The van der Waals surface area contributed by atoms with Crippen LogP contribution in [0.5, 0.6) is 0 Å². The van der Waals surface area contributed by atoms with Gasteiger partial charge < -0.3 is 9.84 Å². The number of ketones is 1. The molecule has 1 aromatic carbocycles. The van der Waals surface area contributed by atoms with E-state index in [1.54, 1.807) is 24.3 Å². The number of hydrogen-bond donors (Lipinski definition) is 1. The molecular weight excluding hydrogens is 232 g/mol. The number of ether oxygens (including phenoxy) is 1. The van der Waals surface area contributed by atoms with Gasteiger partial charge in [0.05, 0.1) is 13.0 Å². The van der Waals surface area contributed by atoms with E-state index in [1.807, 2.05) is 6.07 Å². The maximum Gasteiger partial charge on any atom is 0.311 e. The molecule has 0 heterocycles. The highest BCUT2D eigenvalue weighted by atomic mass is 16.5. The molecule has 1 aliphatic rings. The Morgan fingerprint density at radius 2 is 2.06 bits per heavy atom. The number of benzene rings is 1. The molecule has 1 N–H and O–H groups in total. The van der Waals surface area contributed by atoms with Gasteiger partial charge in [-0.1, -0.05) is 30.3 Å². The molecule has 18 heavy (non-hydrogen) atoms. The summed E-state index contributed by atoms with van der Waals surface area (Å²) in [7, 11) is 1.30. The van der Waals surface area contributed by atoms with E-state index in [9.17, 15) is 14.7 Å². The van der Waals surface area contributed by atoms with Crippen molar-refractivity contribution in [3.63, 3.8) is 0 Å². The van der Waals surface area contributed by atoms with Crippen LogP contribution in [-0.4, -0.2) is 24.0 Å². The van der Waals surface area contributed by atoms with E-state index in [2.05, 4.69) is 0 Å². The fourth-order valence-electron chi connectivity index (χ4n) is 2.54. The van der Waals surface area contributed by atoms with Crippen molar-refractivity contribution in [3.8, 4) is 0 Å². The minimum atomic E-state index is -1.44. The Hall–Kier alpha value is -1.68. The maximum atomic E-state index is 11.8. The highest BCUT2D eigenvalue weighted by Gasteiger charge is 2.47. The second kappa shape index (κ2) is 4.90. The molecule has 2 atom stereocenters. The van der Waals surface area contributed by atoms with Crippen LogP contribution in [0.4, 0.5) is 0 Å². The van der Waals surface area contributed by atoms with Gasteiger partial charge in [-0.3, -0.25) is 9.59 Å². The first-order valence-electron chi connectivity index (χ1n) is 5.95. The Bertz CT molecular complexity index is 454. The lowest BCUT2D eigenvalue weighted by Crippen LogP contribution is -2.45. The molecule has 4 nitrogen and oxygen atoms in total. The van der Waals surface area contributed by atoms with Crippen LogP contribution < -0.4 is 0 Å². The highest BCUT2D eigenvalue weighted by molar-refractivity contribution is 5.85. The summed E-state index contributed by atoms with van der Waals surface area (Å²) < 4.78 is 4.73. The summed E-state index contributed by atoms with van der Waals surface area (Å²) in [6.45, 7) is 0. The van der Waals surface area contributed by atoms with E-state index in [4.69, 9.17) is 4.74 Å². The lowest BCUT2D eigenvalue weighted by molar-refractivity contribution is -0.163. The number of rotatable bonds is 2. The fourth-order valence-corrected chi connectivity index (χ4v) is 2.54. The zero-order valence-electron chi connectivity index (χ0n) is 10.3. The van der Waals surface area contributed by atoms with Gasteiger partial charge in [0.25, 0.3) is 0 Å². The summed E-state index contributed by atoms with van der Waals surface area (Å²) in [4.78, 5) is 23.4. The Morgan fingerprint density at radius 1 is 1.39 bits per heavy atom. The first kappa shape index (κ1) is 12.8. The molecule has 2 rings (SSSR count). The third-order valence-electron chi connectivity index (χ3n) is 3.51. The average molecular weight is 248 g/mol. The molecule has 0 aromatic heterocycles. The maximum absolute atomic E-state index is 11.8. The zero-order chi connectivity index (χ0) is 13.2. The molecule has 1 aromatic rings. The van der Waals surface area contributed by atoms with Gasteiger partial charge in [-0.05, 0) is 12.0 Å². The predicted molar refractivity (Wildman–Crippen MR) is 64.7 cm³/mol. The lowest BCUT2D eigenvalue weighted by Gasteiger charge is -2.37. The number of carbonyl (C=O) groups is 2. The standard InChI is InChI=1S/C14H16O4/c1-18-13(16)12-8-7-11(15)9-14(12,17)10-5-3-2-4-6-10/h2-6,12,17H,7-9H2,1H3. The van der Waals surface area contributed by atoms with E-state index >= 15 is 0 Å². The van der Waals surface area contributed by atoms with Crippen LogP contribution in [0.2, 0.25) is 0 Å². The summed E-state index contributed by atoms with van der Waals surface area (Å²) in [6.07, 6.45) is 0.614. The molecule has 0 radical (unpaired) electrons. The number of aliphatic hydroxyl groups is 1. The number of esters is 1. The lowest BCUT2D eigenvalue weighted by atomic mass is 9.71. The minimum absolute atomic E-state index is 0.0264. The van der Waals surface area contributed by atoms with Gasteiger partial charge in [-0.25, -0.2) is 0 Å². The fraction of sp³-hybridized carbons (Fsp3) is 0.429. The van der Waals surface area contributed by atoms with Crippen LogP contribution in [-0.2, 0) is 19.9 Å². The zero-order valence-corrected chi connectivity index (χ0v) is 10.3. The largest absolute Gasteiger partial charge is 0.469 e. The predicted octanol–water partition coefficient (Wildman–Crippen LogP) is 1.42. The van der Waals surface area contributed by atoms with Crippen LogP contribution in [0, 0.1) is 5.92 Å². The van der Waals surface area contributed by atoms with E-state index in [1.165, 1.54) is 7.11 Å². The molecule has 0 saturated heterocycles. The van der Waals surface area contributed by atoms with Crippen molar-refractivity contribution in [2.24, 2.45) is 5.92 Å². The van der Waals surface area contributed by atoms with Crippen molar-refractivity contribution >= 4 is 11.8 Å². The van der Waals surface area contributed by atoms with Crippen LogP contribution in [0.3, 0.4) is 0 Å². The second-order valence-electron chi connectivity index (χ2n) is 4.62. The Kier molecular flexibility index (Phi) is 3.48. The molecular formula is C14H16O4.